The van der Waals surface area contributed by atoms with Gasteiger partial charge >= 0.3 is 0 Å². The third-order valence-corrected chi connectivity index (χ3v) is 10.5. The molecule has 18 heteroatoms. The number of aryl methyl sites for hydroxylation is 2. The molecule has 52 heavy (non-hydrogen) atoms. The van der Waals surface area contributed by atoms with Gasteiger partial charge in [-0.05, 0) is 49.5 Å². The predicted octanol–water partition coefficient (Wildman–Crippen LogP) is 2.05. The van der Waals surface area contributed by atoms with E-state index in [-0.39, 0.29) is 23.1 Å². The Bertz CT molecular complexity index is 1850. The fourth-order valence-corrected chi connectivity index (χ4v) is 6.90. The van der Waals surface area contributed by atoms with Crippen LogP contribution >= 0.6 is 0 Å². The van der Waals surface area contributed by atoms with Crippen molar-refractivity contribution in [2.24, 2.45) is 19.2 Å². The molecule has 0 spiro atoms. The van der Waals surface area contributed by atoms with Crippen molar-refractivity contribution in [3.05, 3.63) is 83.2 Å². The molecular weight excluding hydrogens is 713 g/mol. The SMILES string of the molecule is COCCN(C)Cc1cc(S(=O)(=O)N(Cc2ccc(OC)cc2)Cc2ccc(OC)cc2)nn1C.COCCN(C)Cc1cc(S(N)(=O)=O)nn1C. The summed E-state index contributed by atoms with van der Waals surface area (Å²) in [6.07, 6.45) is 0. The molecular formula is C34H52N8O8S2. The van der Waals surface area contributed by atoms with Gasteiger partial charge in [0.05, 0.1) is 38.8 Å². The first kappa shape index (κ1) is 42.5. The van der Waals surface area contributed by atoms with Crippen molar-refractivity contribution in [2.45, 2.75) is 36.2 Å². The van der Waals surface area contributed by atoms with Crippen LogP contribution in [0.5, 0.6) is 11.5 Å². The number of hydrogen-bond donors (Lipinski definition) is 1. The smallest absolute Gasteiger partial charge is 0.262 e. The lowest BCUT2D eigenvalue weighted by molar-refractivity contribution is 0.157. The molecule has 2 aromatic heterocycles. The predicted molar refractivity (Wildman–Crippen MR) is 197 cm³/mol. The van der Waals surface area contributed by atoms with E-state index in [1.807, 2.05) is 67.5 Å². The van der Waals surface area contributed by atoms with E-state index < -0.39 is 20.0 Å². The maximum Gasteiger partial charge on any atom is 0.262 e. The van der Waals surface area contributed by atoms with Crippen LogP contribution in [0.2, 0.25) is 0 Å². The quantitative estimate of drug-likeness (QED) is 0.147. The van der Waals surface area contributed by atoms with Crippen LogP contribution < -0.4 is 14.6 Å². The number of hydrogen-bond acceptors (Lipinski definition) is 12. The van der Waals surface area contributed by atoms with Gasteiger partial charge in [0.15, 0.2) is 10.1 Å². The van der Waals surface area contributed by atoms with Crippen LogP contribution in [0.4, 0.5) is 0 Å². The second-order valence-corrected chi connectivity index (χ2v) is 15.6. The van der Waals surface area contributed by atoms with E-state index in [4.69, 9.17) is 24.1 Å². The third kappa shape index (κ3) is 12.7. The van der Waals surface area contributed by atoms with Crippen LogP contribution in [0.1, 0.15) is 22.5 Å². The molecule has 0 aliphatic rings. The maximum atomic E-state index is 13.8. The Kier molecular flexibility index (Phi) is 16.2. The average molecular weight is 765 g/mol. The van der Waals surface area contributed by atoms with Crippen LogP contribution in [-0.4, -0.2) is 119 Å². The number of primary sulfonamides is 1. The minimum Gasteiger partial charge on any atom is -0.497 e. The lowest BCUT2D eigenvalue weighted by Crippen LogP contribution is -2.30. The Balaban J connectivity index is 0.000000359. The highest BCUT2D eigenvalue weighted by Gasteiger charge is 2.29. The molecule has 0 amide bonds. The second-order valence-electron chi connectivity index (χ2n) is 12.2. The molecule has 0 bridgehead atoms. The molecule has 2 heterocycles. The summed E-state index contributed by atoms with van der Waals surface area (Å²) in [5.74, 6) is 1.43. The summed E-state index contributed by atoms with van der Waals surface area (Å²) in [5.41, 5.74) is 3.28. The molecule has 0 unspecified atom stereocenters. The van der Waals surface area contributed by atoms with Crippen molar-refractivity contribution in [1.29, 1.82) is 0 Å². The largest absolute Gasteiger partial charge is 0.497 e. The summed E-state index contributed by atoms with van der Waals surface area (Å²) in [7, 11) is 6.19. The van der Waals surface area contributed by atoms with Crippen molar-refractivity contribution in [3.63, 3.8) is 0 Å². The number of methoxy groups -OCH3 is 4. The monoisotopic (exact) mass is 764 g/mol. The summed E-state index contributed by atoms with van der Waals surface area (Å²) in [4.78, 5) is 4.07. The molecule has 0 atom stereocenters. The number of aromatic nitrogens is 4. The van der Waals surface area contributed by atoms with Crippen molar-refractivity contribution in [3.8, 4) is 11.5 Å². The zero-order chi connectivity index (χ0) is 38.5. The van der Waals surface area contributed by atoms with Gasteiger partial charge in [0.1, 0.15) is 11.5 Å². The van der Waals surface area contributed by atoms with Crippen molar-refractivity contribution < 1.29 is 35.8 Å². The van der Waals surface area contributed by atoms with Crippen LogP contribution in [0.15, 0.2) is 70.7 Å². The Morgan fingerprint density at radius 3 is 1.37 bits per heavy atom. The molecule has 4 rings (SSSR count). The Morgan fingerprint density at radius 1 is 0.635 bits per heavy atom. The third-order valence-electron chi connectivity index (χ3n) is 8.06. The molecule has 0 aliphatic heterocycles. The topological polar surface area (TPSA) is 177 Å². The Hall–Kier alpha value is -3.88. The number of likely N-dealkylation sites (N-methyl/N-ethyl adjacent to an activating group) is 2. The molecule has 16 nitrogen and oxygen atoms in total. The number of ether oxygens (including phenoxy) is 4. The lowest BCUT2D eigenvalue weighted by Gasteiger charge is -2.21. The minimum atomic E-state index is -3.89. The fraction of sp³-hybridized carbons (Fsp3) is 0.471. The molecule has 0 saturated heterocycles. The number of benzene rings is 2. The van der Waals surface area contributed by atoms with Crippen LogP contribution in [-0.2, 0) is 69.8 Å². The number of nitrogens with two attached hydrogens (primary N) is 1. The van der Waals surface area contributed by atoms with Gasteiger partial charge in [-0.15, -0.1) is 0 Å². The molecule has 2 aromatic carbocycles. The van der Waals surface area contributed by atoms with E-state index in [9.17, 15) is 16.8 Å². The first-order chi connectivity index (χ1) is 24.6. The molecule has 4 aromatic rings. The summed E-state index contributed by atoms with van der Waals surface area (Å²) in [5, 5.41) is 13.2. The molecule has 2 N–H and O–H groups in total. The van der Waals surface area contributed by atoms with E-state index in [2.05, 4.69) is 15.1 Å². The number of sulfonamides is 2. The van der Waals surface area contributed by atoms with E-state index in [1.165, 1.54) is 15.1 Å². The number of rotatable bonds is 19. The zero-order valence-corrected chi connectivity index (χ0v) is 32.9. The van der Waals surface area contributed by atoms with Gasteiger partial charge in [0.2, 0.25) is 0 Å². The summed E-state index contributed by atoms with van der Waals surface area (Å²) in [6, 6.07) is 17.9. The standard InChI is InChI=1S/C25H34N4O5S.C9H18N4O3S/c1-27(14-15-32-3)19-22-16-25(26-28(22)2)35(30,31)29(17-20-6-10-23(33-4)11-7-20)18-21-8-12-24(34-5)13-9-21;1-12(4-5-16-3)7-8-6-9(11-13(8)2)17(10,14)15/h6-13,16H,14-15,17-19H2,1-5H3;6H,4-5,7H2,1-3H3,(H2,10,14,15). The van der Waals surface area contributed by atoms with E-state index in [1.54, 1.807) is 53.3 Å². The first-order valence-corrected chi connectivity index (χ1v) is 19.3. The lowest BCUT2D eigenvalue weighted by atomic mass is 10.2. The summed E-state index contributed by atoms with van der Waals surface area (Å²) in [6.45, 7) is 4.22. The van der Waals surface area contributed by atoms with E-state index in [0.717, 1.165) is 35.6 Å². The van der Waals surface area contributed by atoms with Crippen LogP contribution in [0, 0.1) is 0 Å². The molecule has 288 valence electrons. The fourth-order valence-electron chi connectivity index (χ4n) is 4.95. The highest BCUT2D eigenvalue weighted by Crippen LogP contribution is 2.24. The molecule has 0 saturated carbocycles. The van der Waals surface area contributed by atoms with Gasteiger partial charge in [-0.25, -0.2) is 22.0 Å². The Labute approximate surface area is 307 Å². The normalized spacial score (nSPS) is 12.0. The van der Waals surface area contributed by atoms with Gasteiger partial charge in [0, 0.05) is 79.7 Å². The van der Waals surface area contributed by atoms with Crippen LogP contribution in [0.25, 0.3) is 0 Å². The van der Waals surface area contributed by atoms with E-state index >= 15 is 0 Å². The van der Waals surface area contributed by atoms with Gasteiger partial charge in [0.25, 0.3) is 20.0 Å². The minimum absolute atomic E-state index is 0.0252. The van der Waals surface area contributed by atoms with Crippen molar-refractivity contribution in [1.82, 2.24) is 33.7 Å². The summed E-state index contributed by atoms with van der Waals surface area (Å²) < 4.78 is 74.9. The average Bonchev–Trinajstić information content (AvgIpc) is 3.68. The molecule has 0 radical (unpaired) electrons. The van der Waals surface area contributed by atoms with Crippen LogP contribution in [0.3, 0.4) is 0 Å². The molecule has 0 fully saturated rings. The van der Waals surface area contributed by atoms with Gasteiger partial charge in [-0.3, -0.25) is 19.2 Å². The molecule has 0 aliphatic carbocycles. The van der Waals surface area contributed by atoms with Gasteiger partial charge in [-0.2, -0.15) is 14.5 Å². The zero-order valence-electron chi connectivity index (χ0n) is 31.2. The maximum absolute atomic E-state index is 13.8. The van der Waals surface area contributed by atoms with E-state index in [0.29, 0.717) is 37.8 Å². The highest BCUT2D eigenvalue weighted by molar-refractivity contribution is 7.89. The van der Waals surface area contributed by atoms with Gasteiger partial charge in [-0.1, -0.05) is 24.3 Å². The van der Waals surface area contributed by atoms with Gasteiger partial charge < -0.3 is 18.9 Å². The van der Waals surface area contributed by atoms with Crippen molar-refractivity contribution >= 4 is 20.0 Å². The van der Waals surface area contributed by atoms with Crippen molar-refractivity contribution in [2.75, 3.05) is 68.8 Å². The second kappa shape index (κ2) is 19.8. The summed E-state index contributed by atoms with van der Waals surface area (Å²) >= 11 is 0. The first-order valence-electron chi connectivity index (χ1n) is 16.3. The Morgan fingerprint density at radius 2 is 1.02 bits per heavy atom. The number of nitrogens with zero attached hydrogens (tertiary/aromatic N) is 7. The highest BCUT2D eigenvalue weighted by atomic mass is 32.2.